The molecule has 0 saturated carbocycles. The van der Waals surface area contributed by atoms with Gasteiger partial charge in [-0.3, -0.25) is 5.32 Å². The number of sulfonamides is 1. The molecule has 8 nitrogen and oxygen atoms in total. The van der Waals surface area contributed by atoms with Crippen molar-refractivity contribution in [3.05, 3.63) is 52.3 Å². The van der Waals surface area contributed by atoms with E-state index in [2.05, 4.69) is 30.0 Å². The summed E-state index contributed by atoms with van der Waals surface area (Å²) in [7, 11) is -2.48. The van der Waals surface area contributed by atoms with Crippen molar-refractivity contribution in [3.8, 4) is 0 Å². The number of rotatable bonds is 5. The minimum atomic E-state index is -3.78. The zero-order valence-corrected chi connectivity index (χ0v) is 15.5. The van der Waals surface area contributed by atoms with Gasteiger partial charge in [0.25, 0.3) is 5.96 Å². The number of nitrogens with zero attached hydrogens (tertiary/aromatic N) is 3. The van der Waals surface area contributed by atoms with Crippen molar-refractivity contribution in [1.82, 2.24) is 14.7 Å². The lowest BCUT2D eigenvalue weighted by Gasteiger charge is -2.12. The Bertz CT molecular complexity index is 866. The predicted molar refractivity (Wildman–Crippen MR) is 96.8 cm³/mol. The van der Waals surface area contributed by atoms with Crippen molar-refractivity contribution in [2.45, 2.75) is 19.6 Å². The average molecular weight is 384 g/mol. The number of aromatic nitrogens is 2. The smallest absolute Gasteiger partial charge is 0.253 e. The zero-order valence-electron chi connectivity index (χ0n) is 13.9. The molecule has 1 aromatic heterocycles. The second-order valence-corrected chi connectivity index (χ2v) is 7.30. The van der Waals surface area contributed by atoms with Crippen molar-refractivity contribution in [2.75, 3.05) is 12.4 Å². The van der Waals surface area contributed by atoms with Crippen LogP contribution in [0, 0.1) is 13.8 Å². The highest BCUT2D eigenvalue weighted by atomic mass is 35.5. The molecule has 25 heavy (non-hydrogen) atoms. The van der Waals surface area contributed by atoms with E-state index in [1.165, 1.54) is 7.11 Å². The third-order valence-corrected chi connectivity index (χ3v) is 4.51. The summed E-state index contributed by atoms with van der Waals surface area (Å²) >= 11 is 6.01. The zero-order chi connectivity index (χ0) is 18.4. The lowest BCUT2D eigenvalue weighted by molar-refractivity contribution is 0.212. The minimum absolute atomic E-state index is 0.153. The van der Waals surface area contributed by atoms with Crippen LogP contribution in [0.15, 0.2) is 35.5 Å². The first-order valence-corrected chi connectivity index (χ1v) is 9.26. The van der Waals surface area contributed by atoms with Gasteiger partial charge in [0.2, 0.25) is 16.0 Å². The van der Waals surface area contributed by atoms with Gasteiger partial charge in [0.1, 0.15) is 7.11 Å². The van der Waals surface area contributed by atoms with Crippen LogP contribution in [0.2, 0.25) is 5.02 Å². The first-order chi connectivity index (χ1) is 11.8. The number of oxime groups is 1. The van der Waals surface area contributed by atoms with E-state index in [4.69, 9.17) is 11.6 Å². The Balaban J connectivity index is 2.18. The number of hydrogen-bond acceptors (Lipinski definition) is 6. The Hall–Kier alpha value is -2.39. The SMILES string of the molecule is CON=C(Nc1nc(C)cc(C)n1)NS(=O)(=O)Cc1ccccc1Cl. The number of anilines is 1. The quantitative estimate of drug-likeness (QED) is 0.465. The highest BCUT2D eigenvalue weighted by molar-refractivity contribution is 7.89. The molecule has 0 amide bonds. The molecular weight excluding hydrogens is 366 g/mol. The van der Waals surface area contributed by atoms with Gasteiger partial charge >= 0.3 is 0 Å². The molecule has 10 heteroatoms. The van der Waals surface area contributed by atoms with Crippen LogP contribution < -0.4 is 10.0 Å². The Morgan fingerprint density at radius 3 is 2.48 bits per heavy atom. The number of guanidine groups is 1. The number of nitrogens with one attached hydrogen (secondary N) is 2. The average Bonchev–Trinajstić information content (AvgIpc) is 2.48. The Labute approximate surface area is 151 Å². The molecule has 2 N–H and O–H groups in total. The molecular formula is C15H18ClN5O3S. The van der Waals surface area contributed by atoms with Crippen LogP contribution in [0.25, 0.3) is 0 Å². The minimum Gasteiger partial charge on any atom is -0.396 e. The van der Waals surface area contributed by atoms with Crippen LogP contribution in [-0.4, -0.2) is 31.5 Å². The fourth-order valence-corrected chi connectivity index (χ4v) is 3.45. The first-order valence-electron chi connectivity index (χ1n) is 7.23. The van der Waals surface area contributed by atoms with Gasteiger partial charge in [-0.15, -0.1) is 0 Å². The van der Waals surface area contributed by atoms with E-state index in [9.17, 15) is 8.42 Å². The fraction of sp³-hybridized carbons (Fsp3) is 0.267. The van der Waals surface area contributed by atoms with Crippen molar-refractivity contribution >= 4 is 33.5 Å². The van der Waals surface area contributed by atoms with E-state index in [-0.39, 0.29) is 17.7 Å². The summed E-state index contributed by atoms with van der Waals surface area (Å²) in [6.45, 7) is 3.60. The van der Waals surface area contributed by atoms with Crippen LogP contribution in [-0.2, 0) is 20.6 Å². The summed E-state index contributed by atoms with van der Waals surface area (Å²) < 4.78 is 27.1. The van der Waals surface area contributed by atoms with Gasteiger partial charge in [-0.25, -0.2) is 23.1 Å². The Morgan fingerprint density at radius 1 is 1.24 bits per heavy atom. The van der Waals surface area contributed by atoms with E-state index >= 15 is 0 Å². The number of hydrogen-bond donors (Lipinski definition) is 2. The van der Waals surface area contributed by atoms with E-state index in [1.54, 1.807) is 44.2 Å². The molecule has 1 heterocycles. The molecule has 0 saturated heterocycles. The maximum absolute atomic E-state index is 12.4. The first kappa shape index (κ1) is 18.9. The van der Waals surface area contributed by atoms with Crippen LogP contribution in [0.1, 0.15) is 17.0 Å². The largest absolute Gasteiger partial charge is 0.396 e. The molecule has 1 aromatic carbocycles. The molecule has 0 unspecified atom stereocenters. The van der Waals surface area contributed by atoms with E-state index in [1.807, 2.05) is 0 Å². The van der Waals surface area contributed by atoms with Crippen molar-refractivity contribution < 1.29 is 13.3 Å². The van der Waals surface area contributed by atoms with Crippen LogP contribution in [0.3, 0.4) is 0 Å². The van der Waals surface area contributed by atoms with Gasteiger partial charge in [0.15, 0.2) is 0 Å². The maximum atomic E-state index is 12.4. The van der Waals surface area contributed by atoms with Gasteiger partial charge in [-0.2, -0.15) is 0 Å². The van der Waals surface area contributed by atoms with Gasteiger partial charge in [0.05, 0.1) is 5.75 Å². The molecule has 2 rings (SSSR count). The monoisotopic (exact) mass is 383 g/mol. The molecule has 134 valence electrons. The summed E-state index contributed by atoms with van der Waals surface area (Å²) in [5, 5.41) is 6.69. The van der Waals surface area contributed by atoms with Crippen LogP contribution in [0.5, 0.6) is 0 Å². The van der Waals surface area contributed by atoms with E-state index in [0.717, 1.165) is 11.4 Å². The molecule has 2 aromatic rings. The Kier molecular flexibility index (Phi) is 6.16. The molecule has 0 aliphatic heterocycles. The normalized spacial score (nSPS) is 11.9. The molecule has 0 radical (unpaired) electrons. The highest BCUT2D eigenvalue weighted by Gasteiger charge is 2.17. The van der Waals surface area contributed by atoms with E-state index < -0.39 is 10.0 Å². The third-order valence-electron chi connectivity index (χ3n) is 2.95. The van der Waals surface area contributed by atoms with E-state index in [0.29, 0.717) is 10.6 Å². The van der Waals surface area contributed by atoms with Crippen LogP contribution >= 0.6 is 11.6 Å². The second kappa shape index (κ2) is 8.13. The van der Waals surface area contributed by atoms with Crippen molar-refractivity contribution in [3.63, 3.8) is 0 Å². The van der Waals surface area contributed by atoms with Crippen molar-refractivity contribution in [2.24, 2.45) is 5.16 Å². The standard InChI is InChI=1S/C15H18ClN5O3S/c1-10-8-11(2)18-14(17-10)19-15(20-24-3)21-25(22,23)9-12-6-4-5-7-13(12)16/h4-8H,9H2,1-3H3,(H2,17,18,19,20,21). The van der Waals surface area contributed by atoms with Gasteiger partial charge in [-0.05, 0) is 36.7 Å². The summed E-state index contributed by atoms with van der Waals surface area (Å²) in [6.07, 6.45) is 0. The molecule has 0 fully saturated rings. The molecule has 0 aliphatic carbocycles. The van der Waals surface area contributed by atoms with Crippen molar-refractivity contribution in [1.29, 1.82) is 0 Å². The molecule has 0 aliphatic rings. The van der Waals surface area contributed by atoms with Gasteiger partial charge in [0, 0.05) is 16.4 Å². The number of aryl methyl sites for hydroxylation is 2. The molecule has 0 bridgehead atoms. The molecule has 0 spiro atoms. The lowest BCUT2D eigenvalue weighted by Crippen LogP contribution is -2.37. The summed E-state index contributed by atoms with van der Waals surface area (Å²) in [6, 6.07) is 8.48. The predicted octanol–water partition coefficient (Wildman–Crippen LogP) is 2.20. The number of benzene rings is 1. The topological polar surface area (TPSA) is 106 Å². The number of halogens is 1. The molecule has 0 atom stereocenters. The second-order valence-electron chi connectivity index (χ2n) is 5.17. The summed E-state index contributed by atoms with van der Waals surface area (Å²) in [4.78, 5) is 13.0. The van der Waals surface area contributed by atoms with Gasteiger partial charge in [-0.1, -0.05) is 29.8 Å². The van der Waals surface area contributed by atoms with Gasteiger partial charge < -0.3 is 4.84 Å². The highest BCUT2D eigenvalue weighted by Crippen LogP contribution is 2.17. The third kappa shape index (κ3) is 5.87. The Morgan fingerprint density at radius 2 is 1.88 bits per heavy atom. The summed E-state index contributed by atoms with van der Waals surface area (Å²) in [5.41, 5.74) is 1.92. The lowest BCUT2D eigenvalue weighted by atomic mass is 10.2. The fourth-order valence-electron chi connectivity index (χ4n) is 2.05. The maximum Gasteiger partial charge on any atom is 0.253 e. The van der Waals surface area contributed by atoms with Crippen LogP contribution in [0.4, 0.5) is 5.95 Å². The summed E-state index contributed by atoms with van der Waals surface area (Å²) in [5.74, 6) is -0.265.